The Kier molecular flexibility index (Phi) is 7.14. The number of thioether (sulfide) groups is 1. The molecule has 0 radical (unpaired) electrons. The molecule has 2 atom stereocenters. The molecule has 2 aromatic heterocycles. The van der Waals surface area contributed by atoms with E-state index in [-0.39, 0.29) is 17.6 Å². The molecule has 9 heteroatoms. The maximum Gasteiger partial charge on any atom is 0.328 e. The van der Waals surface area contributed by atoms with Crippen molar-refractivity contribution in [1.82, 2.24) is 25.1 Å². The first kappa shape index (κ1) is 19.9. The van der Waals surface area contributed by atoms with Gasteiger partial charge in [-0.25, -0.2) is 4.79 Å². The van der Waals surface area contributed by atoms with Crippen molar-refractivity contribution in [2.24, 2.45) is 13.0 Å². The van der Waals surface area contributed by atoms with Gasteiger partial charge in [0, 0.05) is 25.0 Å². The van der Waals surface area contributed by atoms with Crippen molar-refractivity contribution in [2.45, 2.75) is 31.5 Å². The van der Waals surface area contributed by atoms with Gasteiger partial charge in [0.25, 0.3) is 0 Å². The number of methoxy groups -OCH3 is 1. The molecule has 1 N–H and O–H groups in total. The molecule has 0 aromatic carbocycles. The van der Waals surface area contributed by atoms with Crippen molar-refractivity contribution in [3.63, 3.8) is 0 Å². The maximum absolute atomic E-state index is 12.3. The van der Waals surface area contributed by atoms with Gasteiger partial charge in [-0.15, -0.1) is 10.2 Å². The third kappa shape index (κ3) is 4.81. The van der Waals surface area contributed by atoms with Crippen LogP contribution in [-0.4, -0.2) is 50.5 Å². The number of hydrogen-bond donors (Lipinski definition) is 1. The van der Waals surface area contributed by atoms with Crippen LogP contribution in [0.3, 0.4) is 0 Å². The highest BCUT2D eigenvalue weighted by atomic mass is 32.2. The monoisotopic (exact) mass is 377 g/mol. The van der Waals surface area contributed by atoms with E-state index >= 15 is 0 Å². The van der Waals surface area contributed by atoms with Gasteiger partial charge in [0.15, 0.2) is 11.0 Å². The molecule has 0 unspecified atom stereocenters. The van der Waals surface area contributed by atoms with Crippen molar-refractivity contribution >= 4 is 23.6 Å². The first-order valence-corrected chi connectivity index (χ1v) is 9.26. The molecule has 0 aliphatic heterocycles. The van der Waals surface area contributed by atoms with Crippen molar-refractivity contribution in [3.05, 3.63) is 24.5 Å². The van der Waals surface area contributed by atoms with E-state index in [0.29, 0.717) is 11.0 Å². The molecule has 0 aliphatic carbocycles. The lowest BCUT2D eigenvalue weighted by Gasteiger charge is -2.21. The molecule has 8 nitrogen and oxygen atoms in total. The fraction of sp³-hybridized carbons (Fsp3) is 0.471. The molecule has 0 saturated carbocycles. The Hall–Kier alpha value is -2.42. The van der Waals surface area contributed by atoms with E-state index in [4.69, 9.17) is 4.74 Å². The van der Waals surface area contributed by atoms with Gasteiger partial charge in [-0.3, -0.25) is 9.78 Å². The smallest absolute Gasteiger partial charge is 0.328 e. The van der Waals surface area contributed by atoms with Gasteiger partial charge in [-0.1, -0.05) is 32.0 Å². The van der Waals surface area contributed by atoms with Gasteiger partial charge < -0.3 is 14.6 Å². The Bertz CT molecular complexity index is 750. The van der Waals surface area contributed by atoms with Crippen molar-refractivity contribution in [3.8, 4) is 11.4 Å². The van der Waals surface area contributed by atoms with Crippen LogP contribution >= 0.6 is 11.8 Å². The number of nitrogens with zero attached hydrogens (tertiary/aromatic N) is 4. The third-order valence-electron chi connectivity index (χ3n) is 4.09. The van der Waals surface area contributed by atoms with E-state index in [9.17, 15) is 9.59 Å². The highest BCUT2D eigenvalue weighted by Crippen LogP contribution is 2.22. The molecule has 140 valence electrons. The van der Waals surface area contributed by atoms with Crippen molar-refractivity contribution < 1.29 is 14.3 Å². The van der Waals surface area contributed by atoms with Crippen LogP contribution in [0.4, 0.5) is 0 Å². The Morgan fingerprint density at radius 3 is 2.62 bits per heavy atom. The van der Waals surface area contributed by atoms with Crippen LogP contribution in [0.15, 0.2) is 29.7 Å². The zero-order chi connectivity index (χ0) is 19.1. The minimum Gasteiger partial charge on any atom is -0.467 e. The second-order valence-corrected chi connectivity index (χ2v) is 6.79. The fourth-order valence-electron chi connectivity index (χ4n) is 2.33. The number of esters is 1. The van der Waals surface area contributed by atoms with Crippen LogP contribution in [0.25, 0.3) is 11.4 Å². The normalized spacial score (nSPS) is 13.1. The second-order valence-electron chi connectivity index (χ2n) is 5.84. The Morgan fingerprint density at radius 2 is 2.00 bits per heavy atom. The summed E-state index contributed by atoms with van der Waals surface area (Å²) in [7, 11) is 3.16. The molecule has 0 bridgehead atoms. The van der Waals surface area contributed by atoms with Gasteiger partial charge in [0.1, 0.15) is 6.04 Å². The topological polar surface area (TPSA) is 99.0 Å². The third-order valence-corrected chi connectivity index (χ3v) is 5.11. The quantitative estimate of drug-likeness (QED) is 0.552. The van der Waals surface area contributed by atoms with E-state index in [1.165, 1.54) is 18.9 Å². The standard InChI is InChI=1S/C17H23N5O3S/c1-5-11(2)14(16(24)25-4)19-13(23)10-26-17-21-20-15(22(17)3)12-6-8-18-9-7-12/h6-9,11,14H,5,10H2,1-4H3,(H,19,23)/t11-,14+/m1/s1. The highest BCUT2D eigenvalue weighted by molar-refractivity contribution is 7.99. The van der Waals surface area contributed by atoms with Gasteiger partial charge >= 0.3 is 5.97 Å². The summed E-state index contributed by atoms with van der Waals surface area (Å²) in [5, 5.41) is 11.7. The number of pyridine rings is 1. The summed E-state index contributed by atoms with van der Waals surface area (Å²) in [5.74, 6) is 0.133. The SMILES string of the molecule is CC[C@@H](C)[C@H](NC(=O)CSc1nnc(-c2ccncc2)n1C)C(=O)OC. The molecular weight excluding hydrogens is 354 g/mol. The van der Waals surface area contributed by atoms with E-state index in [0.717, 1.165) is 12.0 Å². The first-order chi connectivity index (χ1) is 12.5. The lowest BCUT2D eigenvalue weighted by atomic mass is 9.99. The number of carbonyl (C=O) groups excluding carboxylic acids is 2. The summed E-state index contributed by atoms with van der Waals surface area (Å²) in [6.07, 6.45) is 4.13. The average molecular weight is 377 g/mol. The van der Waals surface area contributed by atoms with Gasteiger partial charge in [0.2, 0.25) is 5.91 Å². The predicted molar refractivity (Wildman–Crippen MR) is 98.4 cm³/mol. The van der Waals surface area contributed by atoms with Gasteiger partial charge in [0.05, 0.1) is 12.9 Å². The second kappa shape index (κ2) is 9.33. The first-order valence-electron chi connectivity index (χ1n) is 8.27. The molecule has 2 heterocycles. The fourth-order valence-corrected chi connectivity index (χ4v) is 3.06. The summed E-state index contributed by atoms with van der Waals surface area (Å²) in [5.41, 5.74) is 0.897. The van der Waals surface area contributed by atoms with Gasteiger partial charge in [-0.2, -0.15) is 0 Å². The molecule has 2 aromatic rings. The van der Waals surface area contributed by atoms with Crippen LogP contribution in [-0.2, 0) is 21.4 Å². The summed E-state index contributed by atoms with van der Waals surface area (Å²) in [4.78, 5) is 28.1. The number of rotatable bonds is 8. The summed E-state index contributed by atoms with van der Waals surface area (Å²) < 4.78 is 6.60. The zero-order valence-corrected chi connectivity index (χ0v) is 16.1. The Labute approximate surface area is 156 Å². The van der Waals surface area contributed by atoms with E-state index in [1.54, 1.807) is 12.4 Å². The van der Waals surface area contributed by atoms with E-state index in [1.807, 2.05) is 37.6 Å². The number of aromatic nitrogens is 4. The minimum atomic E-state index is -0.648. The Balaban J connectivity index is 1.99. The predicted octanol–water partition coefficient (Wildman–Crippen LogP) is 1.67. The van der Waals surface area contributed by atoms with Crippen LogP contribution in [0.1, 0.15) is 20.3 Å². The molecule has 1 amide bonds. The average Bonchev–Trinajstić information content (AvgIpc) is 3.04. The number of carbonyl (C=O) groups is 2. The van der Waals surface area contributed by atoms with Crippen molar-refractivity contribution in [2.75, 3.05) is 12.9 Å². The van der Waals surface area contributed by atoms with Crippen LogP contribution in [0.2, 0.25) is 0 Å². The van der Waals surface area contributed by atoms with E-state index < -0.39 is 12.0 Å². The molecule has 0 spiro atoms. The highest BCUT2D eigenvalue weighted by Gasteiger charge is 2.26. The number of nitrogens with one attached hydrogen (secondary N) is 1. The largest absolute Gasteiger partial charge is 0.467 e. The molecule has 2 rings (SSSR count). The summed E-state index contributed by atoms with van der Waals surface area (Å²) >= 11 is 1.26. The Morgan fingerprint density at radius 1 is 1.31 bits per heavy atom. The zero-order valence-electron chi connectivity index (χ0n) is 15.3. The molecule has 0 fully saturated rings. The number of hydrogen-bond acceptors (Lipinski definition) is 7. The van der Waals surface area contributed by atoms with Crippen LogP contribution < -0.4 is 5.32 Å². The molecule has 0 saturated heterocycles. The molecular formula is C17H23N5O3S. The maximum atomic E-state index is 12.3. The number of ether oxygens (including phenoxy) is 1. The van der Waals surface area contributed by atoms with Crippen molar-refractivity contribution in [1.29, 1.82) is 0 Å². The minimum absolute atomic E-state index is 0.00970. The van der Waals surface area contributed by atoms with Crippen LogP contribution in [0, 0.1) is 5.92 Å². The summed E-state index contributed by atoms with van der Waals surface area (Å²) in [6, 6.07) is 3.04. The number of amides is 1. The summed E-state index contributed by atoms with van der Waals surface area (Å²) in [6.45, 7) is 3.86. The molecule has 0 aliphatic rings. The lowest BCUT2D eigenvalue weighted by Crippen LogP contribution is -2.46. The lowest BCUT2D eigenvalue weighted by molar-refractivity contribution is -0.146. The van der Waals surface area contributed by atoms with E-state index in [2.05, 4.69) is 20.5 Å². The molecule has 26 heavy (non-hydrogen) atoms. The van der Waals surface area contributed by atoms with Gasteiger partial charge in [-0.05, 0) is 18.1 Å². The van der Waals surface area contributed by atoms with Crippen LogP contribution in [0.5, 0.6) is 0 Å².